The first kappa shape index (κ1) is 19.7. The Morgan fingerprint density at radius 2 is 1.76 bits per heavy atom. The van der Waals surface area contributed by atoms with E-state index < -0.39 is 5.60 Å². The molecule has 1 saturated heterocycles. The van der Waals surface area contributed by atoms with Crippen LogP contribution in [0.5, 0.6) is 0 Å². The van der Waals surface area contributed by atoms with Crippen molar-refractivity contribution >= 4 is 17.3 Å². The number of rotatable bonds is 7. The Morgan fingerprint density at radius 1 is 1.16 bits per heavy atom. The van der Waals surface area contributed by atoms with Gasteiger partial charge in [-0.05, 0) is 57.5 Å². The Bertz CT molecular complexity index is 529. The lowest BCUT2D eigenvalue weighted by molar-refractivity contribution is -0.117. The second kappa shape index (κ2) is 9.20. The second-order valence-corrected chi connectivity index (χ2v) is 7.61. The summed E-state index contributed by atoms with van der Waals surface area (Å²) in [5.41, 5.74) is 1.26. The molecule has 5 heteroatoms. The van der Waals surface area contributed by atoms with Crippen LogP contribution in [-0.2, 0) is 4.79 Å². The third kappa shape index (κ3) is 7.04. The maximum absolute atomic E-state index is 12.3. The minimum Gasteiger partial charge on any atom is -0.389 e. The molecule has 2 N–H and O–H groups in total. The number of anilines is 2. The Kier molecular flexibility index (Phi) is 7.26. The Labute approximate surface area is 152 Å². The topological polar surface area (TPSA) is 55.8 Å². The maximum Gasteiger partial charge on any atom is 0.238 e. The van der Waals surface area contributed by atoms with Gasteiger partial charge in [0.15, 0.2) is 0 Å². The molecule has 1 aliphatic rings. The van der Waals surface area contributed by atoms with Gasteiger partial charge < -0.3 is 15.3 Å². The summed E-state index contributed by atoms with van der Waals surface area (Å²) < 4.78 is 0. The molecule has 140 valence electrons. The molecule has 0 atom stereocenters. The first-order valence-electron chi connectivity index (χ1n) is 9.47. The lowest BCUT2D eigenvalue weighted by Crippen LogP contribution is -2.42. The van der Waals surface area contributed by atoms with Crippen LogP contribution in [-0.4, -0.2) is 54.2 Å². The van der Waals surface area contributed by atoms with Crippen LogP contribution in [0.1, 0.15) is 46.5 Å². The number of amides is 1. The lowest BCUT2D eigenvalue weighted by Gasteiger charge is -2.27. The van der Waals surface area contributed by atoms with E-state index in [4.69, 9.17) is 0 Å². The van der Waals surface area contributed by atoms with Crippen LogP contribution in [0.2, 0.25) is 0 Å². The normalized spacial score (nSPS) is 16.0. The van der Waals surface area contributed by atoms with Crippen LogP contribution in [0.25, 0.3) is 0 Å². The quantitative estimate of drug-likeness (QED) is 0.796. The summed E-state index contributed by atoms with van der Waals surface area (Å²) in [4.78, 5) is 16.6. The van der Waals surface area contributed by atoms with Crippen LogP contribution in [0.15, 0.2) is 24.3 Å². The highest BCUT2D eigenvalue weighted by Gasteiger charge is 2.19. The highest BCUT2D eigenvalue weighted by atomic mass is 16.3. The van der Waals surface area contributed by atoms with E-state index in [1.54, 1.807) is 13.8 Å². The molecule has 25 heavy (non-hydrogen) atoms. The van der Waals surface area contributed by atoms with E-state index in [0.717, 1.165) is 25.3 Å². The summed E-state index contributed by atoms with van der Waals surface area (Å²) in [5.74, 6) is -0.0476. The van der Waals surface area contributed by atoms with Gasteiger partial charge in [-0.3, -0.25) is 9.69 Å². The summed E-state index contributed by atoms with van der Waals surface area (Å²) in [5, 5.41) is 12.9. The summed E-state index contributed by atoms with van der Waals surface area (Å²) in [6.45, 7) is 9.24. The van der Waals surface area contributed by atoms with Crippen molar-refractivity contribution < 1.29 is 9.90 Å². The van der Waals surface area contributed by atoms with Gasteiger partial charge in [-0.2, -0.15) is 0 Å². The van der Waals surface area contributed by atoms with Gasteiger partial charge >= 0.3 is 0 Å². The van der Waals surface area contributed by atoms with Crippen LogP contribution in [0.4, 0.5) is 11.4 Å². The standard InChI is InChI=1S/C20H33N3O2/c1-4-22(16-20(2,3)25)15-19(24)21-17-9-11-18(12-10-17)23-13-7-5-6-8-14-23/h9-12,25H,4-8,13-16H2,1-3H3,(H,21,24). The number of benzene rings is 1. The second-order valence-electron chi connectivity index (χ2n) is 7.61. The summed E-state index contributed by atoms with van der Waals surface area (Å²) in [6.07, 6.45) is 5.16. The van der Waals surface area contributed by atoms with Crippen molar-refractivity contribution in [1.82, 2.24) is 4.90 Å². The van der Waals surface area contributed by atoms with Gasteiger partial charge in [0.1, 0.15) is 0 Å². The van der Waals surface area contributed by atoms with Crippen molar-refractivity contribution in [1.29, 1.82) is 0 Å². The van der Waals surface area contributed by atoms with E-state index in [2.05, 4.69) is 22.3 Å². The minimum atomic E-state index is -0.801. The zero-order chi connectivity index (χ0) is 18.3. The predicted molar refractivity (Wildman–Crippen MR) is 104 cm³/mol. The molecular formula is C20H33N3O2. The summed E-state index contributed by atoms with van der Waals surface area (Å²) in [6, 6.07) is 8.14. The number of hydrogen-bond acceptors (Lipinski definition) is 4. The third-order valence-electron chi connectivity index (χ3n) is 4.55. The summed E-state index contributed by atoms with van der Waals surface area (Å²) in [7, 11) is 0. The van der Waals surface area contributed by atoms with E-state index in [-0.39, 0.29) is 12.5 Å². The number of hydrogen-bond donors (Lipinski definition) is 2. The average Bonchev–Trinajstić information content (AvgIpc) is 2.83. The van der Waals surface area contributed by atoms with Gasteiger partial charge in [-0.1, -0.05) is 19.8 Å². The van der Waals surface area contributed by atoms with Crippen LogP contribution < -0.4 is 10.2 Å². The largest absolute Gasteiger partial charge is 0.389 e. The SMILES string of the molecule is CCN(CC(=O)Nc1ccc(N2CCCCCC2)cc1)CC(C)(C)O. The van der Waals surface area contributed by atoms with Gasteiger partial charge in [0.05, 0.1) is 12.1 Å². The molecule has 2 rings (SSSR count). The van der Waals surface area contributed by atoms with Gasteiger partial charge in [0.25, 0.3) is 0 Å². The Morgan fingerprint density at radius 3 is 2.28 bits per heavy atom. The van der Waals surface area contributed by atoms with Crippen LogP contribution in [0.3, 0.4) is 0 Å². The van der Waals surface area contributed by atoms with E-state index in [9.17, 15) is 9.90 Å². The van der Waals surface area contributed by atoms with Gasteiger partial charge in [0, 0.05) is 31.0 Å². The molecule has 0 aliphatic carbocycles. The first-order chi connectivity index (χ1) is 11.9. The molecule has 1 amide bonds. The molecule has 0 aromatic heterocycles. The molecule has 0 spiro atoms. The number of aliphatic hydroxyl groups is 1. The molecule has 1 heterocycles. The highest BCUT2D eigenvalue weighted by Crippen LogP contribution is 2.21. The molecule has 0 radical (unpaired) electrons. The van der Waals surface area contributed by atoms with Crippen LogP contribution in [0, 0.1) is 0 Å². The Balaban J connectivity index is 1.88. The van der Waals surface area contributed by atoms with Gasteiger partial charge in [0.2, 0.25) is 5.91 Å². The maximum atomic E-state index is 12.3. The van der Waals surface area contributed by atoms with Gasteiger partial charge in [-0.25, -0.2) is 0 Å². The zero-order valence-corrected chi connectivity index (χ0v) is 15.9. The minimum absolute atomic E-state index is 0.0476. The Hall–Kier alpha value is -1.59. The monoisotopic (exact) mass is 347 g/mol. The van der Waals surface area contributed by atoms with E-state index in [1.807, 2.05) is 24.0 Å². The predicted octanol–water partition coefficient (Wildman–Crippen LogP) is 3.10. The van der Waals surface area contributed by atoms with Gasteiger partial charge in [-0.15, -0.1) is 0 Å². The molecule has 1 fully saturated rings. The van der Waals surface area contributed by atoms with Crippen molar-refractivity contribution in [3.63, 3.8) is 0 Å². The molecule has 1 aromatic rings. The number of carbonyl (C=O) groups excluding carboxylic acids is 1. The number of carbonyl (C=O) groups is 1. The van der Waals surface area contributed by atoms with Crippen molar-refractivity contribution in [2.75, 3.05) is 42.9 Å². The van der Waals surface area contributed by atoms with Crippen molar-refractivity contribution in [3.05, 3.63) is 24.3 Å². The fourth-order valence-corrected chi connectivity index (χ4v) is 3.31. The molecule has 0 saturated carbocycles. The molecule has 5 nitrogen and oxygen atoms in total. The fourth-order valence-electron chi connectivity index (χ4n) is 3.31. The highest BCUT2D eigenvalue weighted by molar-refractivity contribution is 5.92. The third-order valence-corrected chi connectivity index (χ3v) is 4.55. The molecular weight excluding hydrogens is 314 g/mol. The van der Waals surface area contributed by atoms with E-state index in [1.165, 1.54) is 31.4 Å². The smallest absolute Gasteiger partial charge is 0.238 e. The lowest BCUT2D eigenvalue weighted by atomic mass is 10.1. The number of nitrogens with one attached hydrogen (secondary N) is 1. The summed E-state index contributed by atoms with van der Waals surface area (Å²) >= 11 is 0. The fraction of sp³-hybridized carbons (Fsp3) is 0.650. The first-order valence-corrected chi connectivity index (χ1v) is 9.47. The van der Waals surface area contributed by atoms with Crippen molar-refractivity contribution in [2.24, 2.45) is 0 Å². The molecule has 1 aliphatic heterocycles. The molecule has 0 unspecified atom stereocenters. The number of likely N-dealkylation sites (N-methyl/N-ethyl adjacent to an activating group) is 1. The number of nitrogens with zero attached hydrogens (tertiary/aromatic N) is 2. The van der Waals surface area contributed by atoms with Crippen LogP contribution >= 0.6 is 0 Å². The average molecular weight is 348 g/mol. The molecule has 1 aromatic carbocycles. The van der Waals surface area contributed by atoms with E-state index in [0.29, 0.717) is 6.54 Å². The van der Waals surface area contributed by atoms with Crippen molar-refractivity contribution in [3.8, 4) is 0 Å². The zero-order valence-electron chi connectivity index (χ0n) is 15.9. The van der Waals surface area contributed by atoms with Crippen molar-refractivity contribution in [2.45, 2.75) is 52.1 Å². The molecule has 0 bridgehead atoms. The van der Waals surface area contributed by atoms with E-state index >= 15 is 0 Å².